The molecular weight excluding hydrogens is 448 g/mol. The van der Waals surface area contributed by atoms with Crippen molar-refractivity contribution in [3.05, 3.63) is 57.7 Å². The fourth-order valence-corrected chi connectivity index (χ4v) is 5.43. The average molecular weight is 469 g/mol. The van der Waals surface area contributed by atoms with E-state index in [0.717, 1.165) is 27.8 Å². The number of benzene rings is 1. The van der Waals surface area contributed by atoms with E-state index in [2.05, 4.69) is 15.0 Å². The Morgan fingerprint density at radius 1 is 1.22 bits per heavy atom. The first kappa shape index (κ1) is 20.8. The number of aromatic nitrogens is 3. The molecule has 8 nitrogen and oxygen atoms in total. The molecular formula is C22H20N4O4S2. The molecule has 0 saturated carbocycles. The highest BCUT2D eigenvalue weighted by molar-refractivity contribution is 7.23. The van der Waals surface area contributed by atoms with Crippen LogP contribution in [0.15, 0.2) is 46.6 Å². The first-order valence-electron chi connectivity index (χ1n) is 10.1. The van der Waals surface area contributed by atoms with Crippen LogP contribution in [0.4, 0.5) is 5.13 Å². The molecule has 32 heavy (non-hydrogen) atoms. The number of nitrogens with zero attached hydrogens (tertiary/aromatic N) is 4. The third-order valence-corrected chi connectivity index (χ3v) is 7.21. The number of morpholine rings is 1. The normalized spacial score (nSPS) is 14.1. The summed E-state index contributed by atoms with van der Waals surface area (Å²) >= 11 is 3.00. The number of hydrogen-bond acceptors (Lipinski definition) is 9. The Morgan fingerprint density at radius 3 is 2.81 bits per heavy atom. The molecule has 0 aliphatic carbocycles. The molecule has 10 heteroatoms. The summed E-state index contributed by atoms with van der Waals surface area (Å²) in [6.45, 7) is 2.54. The monoisotopic (exact) mass is 468 g/mol. The number of methoxy groups -OCH3 is 1. The van der Waals surface area contributed by atoms with E-state index in [0.29, 0.717) is 35.7 Å². The zero-order valence-corrected chi connectivity index (χ0v) is 18.9. The van der Waals surface area contributed by atoms with Crippen molar-refractivity contribution in [1.29, 1.82) is 0 Å². The van der Waals surface area contributed by atoms with Crippen LogP contribution in [-0.2, 0) is 11.3 Å². The zero-order valence-electron chi connectivity index (χ0n) is 17.3. The SMILES string of the molecule is COc1cccc(C(=O)Cn2nc(-c3cccs3)c3sc(N4CCOCC4)nc3c2=O)c1. The molecule has 0 spiro atoms. The lowest BCUT2D eigenvalue weighted by molar-refractivity contribution is 0.0965. The molecule has 1 aromatic carbocycles. The van der Waals surface area contributed by atoms with Crippen molar-refractivity contribution in [3.8, 4) is 16.3 Å². The van der Waals surface area contributed by atoms with Crippen LogP contribution in [0.2, 0.25) is 0 Å². The number of anilines is 1. The van der Waals surface area contributed by atoms with E-state index >= 15 is 0 Å². The highest BCUT2D eigenvalue weighted by Crippen LogP contribution is 2.35. The molecule has 4 aromatic rings. The van der Waals surface area contributed by atoms with Gasteiger partial charge in [0, 0.05) is 18.7 Å². The van der Waals surface area contributed by atoms with Gasteiger partial charge in [0.15, 0.2) is 16.4 Å². The largest absolute Gasteiger partial charge is 0.497 e. The summed E-state index contributed by atoms with van der Waals surface area (Å²) in [7, 11) is 1.55. The second-order valence-corrected chi connectivity index (χ2v) is 9.14. The number of carbonyl (C=O) groups is 1. The van der Waals surface area contributed by atoms with Crippen molar-refractivity contribution in [3.63, 3.8) is 0 Å². The molecule has 0 bridgehead atoms. The highest BCUT2D eigenvalue weighted by atomic mass is 32.1. The van der Waals surface area contributed by atoms with Crippen LogP contribution < -0.4 is 15.2 Å². The number of Topliss-reactive ketones (excluding diaryl/α,β-unsaturated/α-hetero) is 1. The van der Waals surface area contributed by atoms with Crippen molar-refractivity contribution < 1.29 is 14.3 Å². The first-order chi connectivity index (χ1) is 15.6. The number of ether oxygens (including phenoxy) is 2. The molecule has 0 atom stereocenters. The number of rotatable bonds is 6. The smallest absolute Gasteiger partial charge is 0.294 e. The Labute approximate surface area is 191 Å². The predicted molar refractivity (Wildman–Crippen MR) is 125 cm³/mol. The summed E-state index contributed by atoms with van der Waals surface area (Å²) in [6.07, 6.45) is 0. The lowest BCUT2D eigenvalue weighted by atomic mass is 10.1. The molecule has 0 amide bonds. The van der Waals surface area contributed by atoms with Gasteiger partial charge in [-0.25, -0.2) is 9.67 Å². The van der Waals surface area contributed by atoms with Crippen LogP contribution in [-0.4, -0.2) is 54.0 Å². The van der Waals surface area contributed by atoms with Gasteiger partial charge in [0.2, 0.25) is 0 Å². The maximum atomic E-state index is 13.3. The van der Waals surface area contributed by atoms with Gasteiger partial charge in [-0.05, 0) is 23.6 Å². The Hall–Kier alpha value is -3.08. The van der Waals surface area contributed by atoms with Crippen molar-refractivity contribution in [2.75, 3.05) is 38.3 Å². The average Bonchev–Trinajstić information content (AvgIpc) is 3.52. The van der Waals surface area contributed by atoms with Crippen LogP contribution in [0.5, 0.6) is 5.75 Å². The summed E-state index contributed by atoms with van der Waals surface area (Å²) in [4.78, 5) is 33.9. The van der Waals surface area contributed by atoms with Crippen molar-refractivity contribution >= 4 is 43.8 Å². The first-order valence-corrected chi connectivity index (χ1v) is 11.8. The van der Waals surface area contributed by atoms with E-state index in [1.165, 1.54) is 27.4 Å². The second kappa shape index (κ2) is 8.81. The van der Waals surface area contributed by atoms with Gasteiger partial charge in [0.1, 0.15) is 18.0 Å². The Bertz CT molecular complexity index is 1320. The fraction of sp³-hybridized carbons (Fsp3) is 0.273. The third kappa shape index (κ3) is 3.92. The summed E-state index contributed by atoms with van der Waals surface area (Å²) < 4.78 is 12.6. The van der Waals surface area contributed by atoms with Gasteiger partial charge >= 0.3 is 0 Å². The molecule has 1 aliphatic heterocycles. The standard InChI is InChI=1S/C22H20N4O4S2/c1-29-15-5-2-4-14(12-15)16(27)13-26-21(28)19-20(18(24-26)17-6-3-11-31-17)32-22(23-19)25-7-9-30-10-8-25/h2-6,11-12H,7-10,13H2,1H3. The number of ketones is 1. The molecule has 1 fully saturated rings. The predicted octanol–water partition coefficient (Wildman–Crippen LogP) is 3.31. The van der Waals surface area contributed by atoms with Crippen molar-refractivity contribution in [1.82, 2.24) is 14.8 Å². The topological polar surface area (TPSA) is 86.6 Å². The second-order valence-electron chi connectivity index (χ2n) is 7.22. The number of fused-ring (bicyclic) bond motifs is 1. The Morgan fingerprint density at radius 2 is 2.06 bits per heavy atom. The van der Waals surface area contributed by atoms with Gasteiger partial charge in [-0.2, -0.15) is 5.10 Å². The molecule has 0 radical (unpaired) electrons. The van der Waals surface area contributed by atoms with Gasteiger partial charge in [-0.1, -0.05) is 29.5 Å². The highest BCUT2D eigenvalue weighted by Gasteiger charge is 2.22. The van der Waals surface area contributed by atoms with Crippen LogP contribution in [0.3, 0.4) is 0 Å². The van der Waals surface area contributed by atoms with Gasteiger partial charge in [0.25, 0.3) is 5.56 Å². The molecule has 4 heterocycles. The summed E-state index contributed by atoms with van der Waals surface area (Å²) in [6, 6.07) is 10.8. The van der Waals surface area contributed by atoms with Gasteiger partial charge in [0.05, 0.1) is 29.9 Å². The van der Waals surface area contributed by atoms with Gasteiger partial charge in [-0.3, -0.25) is 9.59 Å². The van der Waals surface area contributed by atoms with Crippen LogP contribution >= 0.6 is 22.7 Å². The molecule has 164 valence electrons. The van der Waals surface area contributed by atoms with Crippen LogP contribution in [0.25, 0.3) is 20.8 Å². The zero-order chi connectivity index (χ0) is 22.1. The molecule has 1 aliphatic rings. The minimum absolute atomic E-state index is 0.176. The van der Waals surface area contributed by atoms with Gasteiger partial charge < -0.3 is 14.4 Å². The van der Waals surface area contributed by atoms with Gasteiger partial charge in [-0.15, -0.1) is 11.3 Å². The summed E-state index contributed by atoms with van der Waals surface area (Å²) in [5.74, 6) is 0.360. The lowest BCUT2D eigenvalue weighted by Crippen LogP contribution is -2.36. The Kier molecular flexibility index (Phi) is 5.73. The van der Waals surface area contributed by atoms with E-state index in [9.17, 15) is 9.59 Å². The van der Waals surface area contributed by atoms with E-state index in [4.69, 9.17) is 9.47 Å². The maximum absolute atomic E-state index is 13.3. The molecule has 0 unspecified atom stereocenters. The quantitative estimate of drug-likeness (QED) is 0.401. The summed E-state index contributed by atoms with van der Waals surface area (Å²) in [5, 5.41) is 7.34. The van der Waals surface area contributed by atoms with E-state index in [1.807, 2.05) is 17.5 Å². The van der Waals surface area contributed by atoms with Crippen LogP contribution in [0, 0.1) is 0 Å². The van der Waals surface area contributed by atoms with E-state index in [1.54, 1.807) is 31.4 Å². The molecule has 1 saturated heterocycles. The van der Waals surface area contributed by atoms with E-state index in [-0.39, 0.29) is 17.9 Å². The third-order valence-electron chi connectivity index (χ3n) is 5.21. The van der Waals surface area contributed by atoms with Crippen molar-refractivity contribution in [2.45, 2.75) is 6.54 Å². The minimum Gasteiger partial charge on any atom is -0.497 e. The minimum atomic E-state index is -0.368. The van der Waals surface area contributed by atoms with Crippen molar-refractivity contribution in [2.24, 2.45) is 0 Å². The fourth-order valence-electron chi connectivity index (χ4n) is 3.54. The number of thiophene rings is 1. The molecule has 5 rings (SSSR count). The molecule has 3 aromatic heterocycles. The van der Waals surface area contributed by atoms with E-state index < -0.39 is 0 Å². The molecule has 0 N–H and O–H groups in total. The lowest BCUT2D eigenvalue weighted by Gasteiger charge is -2.25. The number of hydrogen-bond donors (Lipinski definition) is 0. The summed E-state index contributed by atoms with van der Waals surface area (Å²) in [5.41, 5.74) is 1.11. The maximum Gasteiger partial charge on any atom is 0.294 e. The number of carbonyl (C=O) groups excluding carboxylic acids is 1. The number of thiazole rings is 1. The Balaban J connectivity index is 1.59. The van der Waals surface area contributed by atoms with Crippen LogP contribution in [0.1, 0.15) is 10.4 Å².